The van der Waals surface area contributed by atoms with Gasteiger partial charge in [0.05, 0.1) is 17.7 Å². The molecule has 0 fully saturated rings. The highest BCUT2D eigenvalue weighted by Gasteiger charge is 2.42. The molecule has 3 heterocycles. The van der Waals surface area contributed by atoms with Crippen LogP contribution in [0.2, 0.25) is 0 Å². The normalized spacial score (nSPS) is 16.4. The number of anilines is 1. The van der Waals surface area contributed by atoms with Crippen molar-refractivity contribution in [3.05, 3.63) is 57.6 Å². The van der Waals surface area contributed by atoms with Gasteiger partial charge in [-0.2, -0.15) is 0 Å². The lowest BCUT2D eigenvalue weighted by atomic mass is 9.81. The molecule has 3 aromatic rings. The summed E-state index contributed by atoms with van der Waals surface area (Å²) < 4.78 is 5.37. The molecule has 1 aliphatic rings. The number of pyridine rings is 1. The lowest BCUT2D eigenvalue weighted by Crippen LogP contribution is -2.55. The summed E-state index contributed by atoms with van der Waals surface area (Å²) in [5, 5.41) is 8.14. The first-order chi connectivity index (χ1) is 15.0. The average molecular weight is 452 g/mol. The van der Waals surface area contributed by atoms with E-state index in [1.54, 1.807) is 19.1 Å². The molecule has 32 heavy (non-hydrogen) atoms. The van der Waals surface area contributed by atoms with Gasteiger partial charge >= 0.3 is 5.97 Å². The van der Waals surface area contributed by atoms with Crippen molar-refractivity contribution in [2.45, 2.75) is 59.0 Å². The number of nitrogens with zero attached hydrogens (tertiary/aromatic N) is 1. The standard InChI is InChI=1S/C25H29N3O3S/c1-7-31-23(30)19-17-13-24(3,4)28-25(5,6)20(17)32-22(19)27-21(29)16-11-10-15-9-8-14(2)26-18(15)12-16/h8-12,28H,7,13H2,1-6H3,(H,27,29). The van der Waals surface area contributed by atoms with Crippen LogP contribution in [0.15, 0.2) is 30.3 Å². The number of rotatable bonds is 4. The van der Waals surface area contributed by atoms with Gasteiger partial charge in [-0.3, -0.25) is 9.78 Å². The van der Waals surface area contributed by atoms with Crippen molar-refractivity contribution >= 4 is 39.1 Å². The molecular formula is C25H29N3O3S. The summed E-state index contributed by atoms with van der Waals surface area (Å²) in [5.41, 5.74) is 3.04. The Labute approximate surface area is 192 Å². The molecule has 2 N–H and O–H groups in total. The number of fused-ring (bicyclic) bond motifs is 2. The zero-order chi connectivity index (χ0) is 23.3. The van der Waals surface area contributed by atoms with Crippen molar-refractivity contribution < 1.29 is 14.3 Å². The fraction of sp³-hybridized carbons (Fsp3) is 0.400. The van der Waals surface area contributed by atoms with Gasteiger partial charge in [-0.15, -0.1) is 11.3 Å². The summed E-state index contributed by atoms with van der Waals surface area (Å²) >= 11 is 1.44. The molecule has 1 aliphatic heterocycles. The Morgan fingerprint density at radius 2 is 1.91 bits per heavy atom. The number of amides is 1. The first-order valence-corrected chi connectivity index (χ1v) is 11.6. The Bertz CT molecular complexity index is 1230. The second-order valence-electron chi connectivity index (χ2n) is 9.46. The van der Waals surface area contributed by atoms with Gasteiger partial charge in [0.15, 0.2) is 0 Å². The molecule has 0 bridgehead atoms. The smallest absolute Gasteiger partial charge is 0.341 e. The zero-order valence-electron chi connectivity index (χ0n) is 19.4. The van der Waals surface area contributed by atoms with Crippen LogP contribution in [0.3, 0.4) is 0 Å². The number of aryl methyl sites for hydroxylation is 1. The van der Waals surface area contributed by atoms with Crippen molar-refractivity contribution in [2.24, 2.45) is 0 Å². The average Bonchev–Trinajstić information content (AvgIpc) is 3.04. The number of aromatic nitrogens is 1. The third-order valence-corrected chi connectivity index (χ3v) is 7.12. The lowest BCUT2D eigenvalue weighted by Gasteiger charge is -2.42. The van der Waals surface area contributed by atoms with E-state index >= 15 is 0 Å². The third kappa shape index (κ3) is 4.14. The molecule has 6 nitrogen and oxygen atoms in total. The minimum Gasteiger partial charge on any atom is -0.462 e. The number of benzene rings is 1. The number of ether oxygens (including phenoxy) is 1. The number of carbonyl (C=O) groups excluding carboxylic acids is 2. The highest BCUT2D eigenvalue weighted by molar-refractivity contribution is 7.17. The van der Waals surface area contributed by atoms with E-state index in [0.29, 0.717) is 22.5 Å². The van der Waals surface area contributed by atoms with E-state index in [1.807, 2.05) is 25.1 Å². The predicted molar refractivity (Wildman–Crippen MR) is 129 cm³/mol. The van der Waals surface area contributed by atoms with E-state index in [9.17, 15) is 9.59 Å². The molecule has 0 unspecified atom stereocenters. The van der Waals surface area contributed by atoms with Gasteiger partial charge < -0.3 is 15.4 Å². The maximum Gasteiger partial charge on any atom is 0.341 e. The van der Waals surface area contributed by atoms with Crippen LogP contribution in [-0.4, -0.2) is 29.0 Å². The van der Waals surface area contributed by atoms with Crippen molar-refractivity contribution in [3.63, 3.8) is 0 Å². The SMILES string of the molecule is CCOC(=O)c1c(NC(=O)c2ccc3ccc(C)nc3c2)sc2c1CC(C)(C)NC2(C)C. The first kappa shape index (κ1) is 22.4. The van der Waals surface area contributed by atoms with Gasteiger partial charge in [-0.05, 0) is 71.7 Å². The predicted octanol–water partition coefficient (Wildman–Crippen LogP) is 5.19. The summed E-state index contributed by atoms with van der Waals surface area (Å²) in [6.45, 7) is 12.4. The van der Waals surface area contributed by atoms with E-state index < -0.39 is 5.97 Å². The van der Waals surface area contributed by atoms with Gasteiger partial charge in [-0.1, -0.05) is 12.1 Å². The van der Waals surface area contributed by atoms with Crippen molar-refractivity contribution in [3.8, 4) is 0 Å². The number of hydrogen-bond donors (Lipinski definition) is 2. The van der Waals surface area contributed by atoms with Crippen molar-refractivity contribution in [2.75, 3.05) is 11.9 Å². The topological polar surface area (TPSA) is 80.3 Å². The maximum atomic E-state index is 13.2. The number of carbonyl (C=O) groups is 2. The molecule has 0 aliphatic carbocycles. The van der Waals surface area contributed by atoms with E-state index in [0.717, 1.165) is 27.0 Å². The summed E-state index contributed by atoms with van der Waals surface area (Å²) in [6, 6.07) is 9.38. The molecule has 2 aromatic heterocycles. The van der Waals surface area contributed by atoms with E-state index in [-0.39, 0.29) is 23.6 Å². The molecule has 0 spiro atoms. The molecule has 1 aromatic carbocycles. The number of nitrogens with one attached hydrogen (secondary N) is 2. The Balaban J connectivity index is 1.76. The summed E-state index contributed by atoms with van der Waals surface area (Å²) in [6.07, 6.45) is 0.672. The first-order valence-electron chi connectivity index (χ1n) is 10.8. The molecule has 0 saturated heterocycles. The number of esters is 1. The van der Waals surface area contributed by atoms with Crippen LogP contribution in [0, 0.1) is 6.92 Å². The Kier molecular flexibility index (Phi) is 5.59. The number of hydrogen-bond acceptors (Lipinski definition) is 6. The molecule has 168 valence electrons. The van der Waals surface area contributed by atoms with Gasteiger partial charge in [0, 0.05) is 32.6 Å². The van der Waals surface area contributed by atoms with Crippen LogP contribution >= 0.6 is 11.3 Å². The van der Waals surface area contributed by atoms with Crippen LogP contribution in [-0.2, 0) is 16.7 Å². The summed E-state index contributed by atoms with van der Waals surface area (Å²) in [4.78, 5) is 31.7. The second-order valence-corrected chi connectivity index (χ2v) is 10.5. The Morgan fingerprint density at radius 1 is 1.19 bits per heavy atom. The molecule has 7 heteroatoms. The monoisotopic (exact) mass is 451 g/mol. The summed E-state index contributed by atoms with van der Waals surface area (Å²) in [5.74, 6) is -0.672. The Hall–Kier alpha value is -2.77. The molecular weight excluding hydrogens is 422 g/mol. The van der Waals surface area contributed by atoms with Gasteiger partial charge in [0.1, 0.15) is 5.00 Å². The van der Waals surface area contributed by atoms with Crippen molar-refractivity contribution in [1.82, 2.24) is 10.3 Å². The molecule has 0 atom stereocenters. The minimum atomic E-state index is -0.399. The molecule has 1 amide bonds. The van der Waals surface area contributed by atoms with Gasteiger partial charge in [0.25, 0.3) is 5.91 Å². The fourth-order valence-electron chi connectivity index (χ4n) is 4.57. The lowest BCUT2D eigenvalue weighted by molar-refractivity contribution is 0.0525. The van der Waals surface area contributed by atoms with Gasteiger partial charge in [-0.25, -0.2) is 4.79 Å². The quantitative estimate of drug-likeness (QED) is 0.534. The third-order valence-electron chi connectivity index (χ3n) is 5.64. The van der Waals surface area contributed by atoms with Crippen LogP contribution < -0.4 is 10.6 Å². The Morgan fingerprint density at radius 3 is 2.62 bits per heavy atom. The van der Waals surface area contributed by atoms with E-state index in [2.05, 4.69) is 43.3 Å². The summed E-state index contributed by atoms with van der Waals surface area (Å²) in [7, 11) is 0. The van der Waals surface area contributed by atoms with Crippen LogP contribution in [0.4, 0.5) is 5.00 Å². The van der Waals surface area contributed by atoms with Crippen LogP contribution in [0.25, 0.3) is 10.9 Å². The van der Waals surface area contributed by atoms with Crippen molar-refractivity contribution in [1.29, 1.82) is 0 Å². The molecule has 0 radical (unpaired) electrons. The van der Waals surface area contributed by atoms with Gasteiger partial charge in [0.2, 0.25) is 0 Å². The van der Waals surface area contributed by atoms with Crippen LogP contribution in [0.1, 0.15) is 71.5 Å². The molecule has 0 saturated carbocycles. The van der Waals surface area contributed by atoms with E-state index in [1.165, 1.54) is 11.3 Å². The molecule has 4 rings (SSSR count). The highest BCUT2D eigenvalue weighted by Crippen LogP contribution is 2.45. The van der Waals surface area contributed by atoms with Crippen LogP contribution in [0.5, 0.6) is 0 Å². The number of thiophene rings is 1. The minimum absolute atomic E-state index is 0.192. The maximum absolute atomic E-state index is 13.2. The largest absolute Gasteiger partial charge is 0.462 e. The fourth-order valence-corrected chi connectivity index (χ4v) is 5.83. The highest BCUT2D eigenvalue weighted by atomic mass is 32.1. The zero-order valence-corrected chi connectivity index (χ0v) is 20.2. The second kappa shape index (κ2) is 7.98. The van der Waals surface area contributed by atoms with E-state index in [4.69, 9.17) is 4.74 Å².